The maximum Gasteiger partial charge on any atom is 0.248 e. The average Bonchev–Trinajstić information content (AvgIpc) is 3.00. The van der Waals surface area contributed by atoms with Gasteiger partial charge in [-0.3, -0.25) is 4.79 Å². The lowest BCUT2D eigenvalue weighted by Gasteiger charge is -2.38. The molecule has 0 saturated carbocycles. The van der Waals surface area contributed by atoms with Gasteiger partial charge in [-0.05, 0) is 53.6 Å². The number of piperidine rings is 2. The Morgan fingerprint density at radius 1 is 1.15 bits per heavy atom. The molecular formula is C18H30N4O4S. The summed E-state index contributed by atoms with van der Waals surface area (Å²) >= 11 is 0. The van der Waals surface area contributed by atoms with Gasteiger partial charge in [-0.15, -0.1) is 0 Å². The van der Waals surface area contributed by atoms with Crippen molar-refractivity contribution in [2.24, 2.45) is 5.92 Å². The van der Waals surface area contributed by atoms with Crippen LogP contribution in [0.2, 0.25) is 0 Å². The minimum atomic E-state index is -3.70. The quantitative estimate of drug-likeness (QED) is 0.759. The van der Waals surface area contributed by atoms with Gasteiger partial charge in [0.05, 0.1) is 5.92 Å². The Morgan fingerprint density at radius 2 is 1.81 bits per heavy atom. The van der Waals surface area contributed by atoms with E-state index >= 15 is 0 Å². The Labute approximate surface area is 161 Å². The summed E-state index contributed by atoms with van der Waals surface area (Å²) in [5, 5.41) is 3.77. The Morgan fingerprint density at radius 3 is 2.37 bits per heavy atom. The number of carbonyl (C=O) groups excluding carboxylic acids is 1. The number of aryl methyl sites for hydroxylation is 2. The summed E-state index contributed by atoms with van der Waals surface area (Å²) in [4.78, 5) is 17.2. The summed E-state index contributed by atoms with van der Waals surface area (Å²) in [5.74, 6) is 0.113. The van der Waals surface area contributed by atoms with Crippen LogP contribution in [0, 0.1) is 19.8 Å². The number of nitrogens with zero attached hydrogens (tertiary/aromatic N) is 4. The molecule has 2 fully saturated rings. The van der Waals surface area contributed by atoms with Crippen molar-refractivity contribution in [3.8, 4) is 0 Å². The monoisotopic (exact) mass is 398 g/mol. The molecule has 0 aliphatic carbocycles. The summed E-state index contributed by atoms with van der Waals surface area (Å²) in [5.41, 5.74) is 0.367. The predicted molar refractivity (Wildman–Crippen MR) is 101 cm³/mol. The van der Waals surface area contributed by atoms with Crippen LogP contribution in [0.15, 0.2) is 9.42 Å². The number of aromatic nitrogens is 1. The molecule has 1 amide bonds. The van der Waals surface area contributed by atoms with Crippen molar-refractivity contribution in [1.82, 2.24) is 19.3 Å². The second kappa shape index (κ2) is 7.89. The molecule has 3 rings (SSSR count). The lowest BCUT2D eigenvalue weighted by Crippen LogP contribution is -2.50. The molecule has 9 heteroatoms. The molecule has 0 spiro atoms. The van der Waals surface area contributed by atoms with Crippen LogP contribution in [-0.2, 0) is 14.8 Å². The number of rotatable bonds is 4. The number of hydrogen-bond donors (Lipinski definition) is 0. The van der Waals surface area contributed by atoms with E-state index in [1.165, 1.54) is 4.31 Å². The molecule has 1 aromatic heterocycles. The van der Waals surface area contributed by atoms with Crippen LogP contribution in [0.25, 0.3) is 0 Å². The molecule has 0 aromatic carbocycles. The van der Waals surface area contributed by atoms with E-state index in [1.54, 1.807) is 13.8 Å². The summed E-state index contributed by atoms with van der Waals surface area (Å²) in [6.45, 7) is 5.39. The second-order valence-electron chi connectivity index (χ2n) is 7.88. The molecule has 152 valence electrons. The lowest BCUT2D eigenvalue weighted by molar-refractivity contribution is -0.138. The number of carbonyl (C=O) groups is 1. The van der Waals surface area contributed by atoms with Crippen molar-refractivity contribution in [3.05, 3.63) is 11.5 Å². The molecule has 1 unspecified atom stereocenters. The van der Waals surface area contributed by atoms with Gasteiger partial charge in [0.1, 0.15) is 10.6 Å². The molecule has 0 N–H and O–H groups in total. The average molecular weight is 399 g/mol. The Balaban J connectivity index is 1.68. The van der Waals surface area contributed by atoms with E-state index in [0.717, 1.165) is 32.4 Å². The minimum Gasteiger partial charge on any atom is -0.360 e. The molecule has 0 radical (unpaired) electrons. The summed E-state index contributed by atoms with van der Waals surface area (Å²) in [6.07, 6.45) is 3.35. The van der Waals surface area contributed by atoms with E-state index < -0.39 is 10.0 Å². The van der Waals surface area contributed by atoms with Crippen molar-refractivity contribution in [2.75, 3.05) is 40.3 Å². The first kappa shape index (κ1) is 20.3. The molecule has 2 aliphatic heterocycles. The number of hydrogen-bond acceptors (Lipinski definition) is 6. The molecule has 1 aromatic rings. The van der Waals surface area contributed by atoms with Crippen LogP contribution in [0.1, 0.15) is 37.1 Å². The zero-order valence-electron chi connectivity index (χ0n) is 16.6. The maximum atomic E-state index is 13.0. The van der Waals surface area contributed by atoms with Gasteiger partial charge >= 0.3 is 0 Å². The number of amides is 1. The zero-order valence-corrected chi connectivity index (χ0v) is 17.5. The summed E-state index contributed by atoms with van der Waals surface area (Å²) in [6, 6.07) is 0.511. The first-order chi connectivity index (χ1) is 12.7. The van der Waals surface area contributed by atoms with Crippen molar-refractivity contribution in [1.29, 1.82) is 0 Å². The minimum absolute atomic E-state index is 0.0888. The summed E-state index contributed by atoms with van der Waals surface area (Å²) < 4.78 is 32.6. The van der Waals surface area contributed by atoms with Crippen LogP contribution in [0.4, 0.5) is 0 Å². The highest BCUT2D eigenvalue weighted by atomic mass is 32.2. The van der Waals surface area contributed by atoms with E-state index in [-0.39, 0.29) is 23.3 Å². The maximum absolute atomic E-state index is 13.0. The van der Waals surface area contributed by atoms with Crippen LogP contribution in [0.3, 0.4) is 0 Å². The van der Waals surface area contributed by atoms with E-state index in [4.69, 9.17) is 4.52 Å². The largest absolute Gasteiger partial charge is 0.360 e. The highest BCUT2D eigenvalue weighted by Gasteiger charge is 2.38. The third-order valence-electron chi connectivity index (χ3n) is 5.81. The predicted octanol–water partition coefficient (Wildman–Crippen LogP) is 1.24. The summed E-state index contributed by atoms with van der Waals surface area (Å²) in [7, 11) is 0.443. The van der Waals surface area contributed by atoms with Gasteiger partial charge in [0.25, 0.3) is 0 Å². The van der Waals surface area contributed by atoms with Gasteiger partial charge < -0.3 is 14.3 Å². The number of sulfonamides is 1. The fraction of sp³-hybridized carbons (Fsp3) is 0.778. The van der Waals surface area contributed by atoms with E-state index in [0.29, 0.717) is 30.5 Å². The highest BCUT2D eigenvalue weighted by Crippen LogP contribution is 2.29. The molecule has 2 saturated heterocycles. The molecule has 0 bridgehead atoms. The van der Waals surface area contributed by atoms with Gasteiger partial charge in [-0.1, -0.05) is 5.16 Å². The van der Waals surface area contributed by atoms with Gasteiger partial charge in [-0.2, -0.15) is 4.31 Å². The van der Waals surface area contributed by atoms with Gasteiger partial charge in [-0.25, -0.2) is 8.42 Å². The highest BCUT2D eigenvalue weighted by molar-refractivity contribution is 7.89. The second-order valence-corrected chi connectivity index (χ2v) is 9.75. The van der Waals surface area contributed by atoms with Gasteiger partial charge in [0.2, 0.25) is 15.9 Å². The molecule has 8 nitrogen and oxygen atoms in total. The van der Waals surface area contributed by atoms with Crippen molar-refractivity contribution < 1.29 is 17.7 Å². The van der Waals surface area contributed by atoms with E-state index in [2.05, 4.69) is 24.2 Å². The molecule has 1 atom stereocenters. The third kappa shape index (κ3) is 4.05. The first-order valence-corrected chi connectivity index (χ1v) is 11.0. The zero-order chi connectivity index (χ0) is 19.8. The molecule has 27 heavy (non-hydrogen) atoms. The van der Waals surface area contributed by atoms with Crippen LogP contribution < -0.4 is 0 Å². The van der Waals surface area contributed by atoms with Gasteiger partial charge in [0.15, 0.2) is 5.76 Å². The Kier molecular flexibility index (Phi) is 5.93. The smallest absolute Gasteiger partial charge is 0.248 e. The molecule has 3 heterocycles. The fourth-order valence-electron chi connectivity index (χ4n) is 4.20. The fourth-order valence-corrected chi connectivity index (χ4v) is 6.01. The van der Waals surface area contributed by atoms with Crippen molar-refractivity contribution in [2.45, 2.75) is 50.5 Å². The van der Waals surface area contributed by atoms with Crippen LogP contribution >= 0.6 is 0 Å². The number of likely N-dealkylation sites (tertiary alicyclic amines) is 1. The van der Waals surface area contributed by atoms with Crippen LogP contribution in [-0.4, -0.2) is 79.9 Å². The molecule has 2 aliphatic rings. The SMILES string of the molecule is Cc1noc(C)c1S(=O)(=O)N1CCCC(C(=O)N2CCC(N(C)C)CC2)C1. The molecular weight excluding hydrogens is 368 g/mol. The van der Waals surface area contributed by atoms with E-state index in [9.17, 15) is 13.2 Å². The Hall–Kier alpha value is -1.45. The van der Waals surface area contributed by atoms with Gasteiger partial charge in [0, 0.05) is 32.2 Å². The topological polar surface area (TPSA) is 87.0 Å². The Bertz CT molecular complexity index is 762. The van der Waals surface area contributed by atoms with Crippen molar-refractivity contribution in [3.63, 3.8) is 0 Å². The first-order valence-electron chi connectivity index (χ1n) is 9.60. The van der Waals surface area contributed by atoms with Crippen molar-refractivity contribution >= 4 is 15.9 Å². The van der Waals surface area contributed by atoms with E-state index in [1.807, 2.05) is 4.90 Å². The normalized spacial score (nSPS) is 23.1. The van der Waals surface area contributed by atoms with Crippen LogP contribution in [0.5, 0.6) is 0 Å². The standard InChI is InChI=1S/C18H30N4O4S/c1-13-17(14(2)26-19-13)27(24,25)22-9-5-6-15(12-22)18(23)21-10-7-16(8-11-21)20(3)4/h15-16H,5-12H2,1-4H3. The lowest BCUT2D eigenvalue weighted by atomic mass is 9.96. The third-order valence-corrected chi connectivity index (χ3v) is 7.92.